The van der Waals surface area contributed by atoms with Crippen molar-refractivity contribution < 1.29 is 32.9 Å². The Morgan fingerprint density at radius 2 is 0.859 bits per heavy atom. The molecule has 0 atom stereocenters. The number of rotatable bonds is 8. The number of nitrogens with zero attached hydrogens (tertiary/aromatic N) is 5. The SMILES string of the molecule is CC(C)(C)c1ccnc(-n2c3ccccc3c3ccc(Oc4cccc(-n5[c](=[Pt])n(-c6c(-c7ccc8oc9ccccc9c8c7)cc(-n7c8ccccc8c8ccccc87)cc6-c6ccc7oc8ccccc8c7c6)c6ccccc65)c4)cc32)c1. The monoisotopic (exact) mass is 1280 g/mol. The van der Waals surface area contributed by atoms with Gasteiger partial charge in [-0.1, -0.05) is 32.9 Å². The van der Waals surface area contributed by atoms with Gasteiger partial charge >= 0.3 is 446 Å². The minimum absolute atomic E-state index is 0.0436. The summed E-state index contributed by atoms with van der Waals surface area (Å²) < 4.78 is 30.5. The molecule has 0 saturated heterocycles. The second-order valence-corrected chi connectivity index (χ2v) is 24.1. The Balaban J connectivity index is 0.898. The van der Waals surface area contributed by atoms with Crippen LogP contribution in [-0.2, 0) is 24.8 Å². The zero-order valence-corrected chi connectivity index (χ0v) is 48.8. The molecule has 85 heavy (non-hydrogen) atoms. The molecule has 0 amide bonds. The van der Waals surface area contributed by atoms with Gasteiger partial charge in [0, 0.05) is 6.20 Å². The van der Waals surface area contributed by atoms with Crippen molar-refractivity contribution in [1.29, 1.82) is 0 Å². The summed E-state index contributed by atoms with van der Waals surface area (Å²) in [6.45, 7) is 6.72. The van der Waals surface area contributed by atoms with Gasteiger partial charge in [0.2, 0.25) is 0 Å². The average Bonchev–Trinajstić information content (AvgIpc) is 2.67. The van der Waals surface area contributed by atoms with Gasteiger partial charge < -0.3 is 0 Å². The molecule has 0 N–H and O–H groups in total. The van der Waals surface area contributed by atoms with E-state index in [1.54, 1.807) is 0 Å². The Kier molecular flexibility index (Phi) is 11.0. The van der Waals surface area contributed by atoms with Crippen molar-refractivity contribution in [3.05, 3.63) is 264 Å². The third-order valence-corrected chi connectivity index (χ3v) is 18.1. The van der Waals surface area contributed by atoms with Crippen LogP contribution in [0.4, 0.5) is 0 Å². The van der Waals surface area contributed by atoms with Gasteiger partial charge in [-0.05, 0) is 17.0 Å². The number of imidazole rings is 1. The van der Waals surface area contributed by atoms with E-state index in [-0.39, 0.29) is 5.41 Å². The first-order valence-corrected chi connectivity index (χ1v) is 29.8. The van der Waals surface area contributed by atoms with E-state index in [0.29, 0.717) is 5.75 Å². The van der Waals surface area contributed by atoms with Gasteiger partial charge in [-0.3, -0.25) is 0 Å². The molecular formula is C76H51N5O3Pt. The number of fused-ring (bicyclic) bond motifs is 13. The Bertz CT molecular complexity index is 5490. The summed E-state index contributed by atoms with van der Waals surface area (Å²) >= 11 is 2.55. The maximum atomic E-state index is 6.96. The van der Waals surface area contributed by atoms with E-state index in [0.717, 1.165) is 142 Å². The molecule has 0 spiro atoms. The number of aromatic nitrogens is 5. The fourth-order valence-electron chi connectivity index (χ4n) is 13.1. The first-order valence-electron chi connectivity index (χ1n) is 28.7. The van der Waals surface area contributed by atoms with E-state index in [2.05, 4.69) is 289 Å². The molecule has 0 bridgehead atoms. The van der Waals surface area contributed by atoms with Crippen LogP contribution in [0.3, 0.4) is 0 Å². The molecule has 17 rings (SSSR count). The van der Waals surface area contributed by atoms with E-state index in [1.165, 1.54) is 16.3 Å². The number of ether oxygens (including phenoxy) is 1. The number of hydrogen-bond acceptors (Lipinski definition) is 4. The predicted octanol–water partition coefficient (Wildman–Crippen LogP) is 20.3. The topological polar surface area (TPSA) is 68.1 Å². The van der Waals surface area contributed by atoms with Crippen LogP contribution >= 0.6 is 0 Å². The average molecular weight is 1280 g/mol. The van der Waals surface area contributed by atoms with Gasteiger partial charge in [0.1, 0.15) is 0 Å². The molecule has 9 heteroatoms. The second-order valence-electron chi connectivity index (χ2n) is 23.1. The van der Waals surface area contributed by atoms with E-state index < -0.39 is 0 Å². The van der Waals surface area contributed by atoms with Crippen molar-refractivity contribution in [3.63, 3.8) is 0 Å². The minimum atomic E-state index is -0.0436. The number of pyridine rings is 1. The molecule has 0 unspecified atom stereocenters. The molecule has 8 nitrogen and oxygen atoms in total. The van der Waals surface area contributed by atoms with Crippen LogP contribution in [0, 0.1) is 3.80 Å². The van der Waals surface area contributed by atoms with Gasteiger partial charge in [-0.25, -0.2) is 0 Å². The van der Waals surface area contributed by atoms with E-state index in [9.17, 15) is 0 Å². The predicted molar refractivity (Wildman–Crippen MR) is 343 cm³/mol. The molecule has 11 aromatic carbocycles. The number of hydrogen-bond donors (Lipinski definition) is 0. The van der Waals surface area contributed by atoms with E-state index in [4.69, 9.17) is 18.6 Å². The van der Waals surface area contributed by atoms with Gasteiger partial charge in [0.25, 0.3) is 0 Å². The van der Waals surface area contributed by atoms with Gasteiger partial charge in [-0.2, -0.15) is 0 Å². The summed E-state index contributed by atoms with van der Waals surface area (Å²) in [5, 5.41) is 8.95. The van der Waals surface area contributed by atoms with Crippen LogP contribution in [0.25, 0.3) is 144 Å². The summed E-state index contributed by atoms with van der Waals surface area (Å²) in [5.74, 6) is 2.31. The summed E-state index contributed by atoms with van der Waals surface area (Å²) in [5.41, 5.74) is 18.3. The third-order valence-electron chi connectivity index (χ3n) is 17.0. The molecule has 0 saturated carbocycles. The molecule has 0 aliphatic rings. The second kappa shape index (κ2) is 18.9. The maximum absolute atomic E-state index is 6.96. The van der Waals surface area contributed by atoms with Crippen LogP contribution in [-0.4, -0.2) is 23.3 Å². The number of furan rings is 2. The van der Waals surface area contributed by atoms with Crippen molar-refractivity contribution in [2.75, 3.05) is 0 Å². The van der Waals surface area contributed by atoms with E-state index in [1.807, 2.05) is 24.4 Å². The molecule has 17 aromatic rings. The molecule has 6 aromatic heterocycles. The van der Waals surface area contributed by atoms with Gasteiger partial charge in [-0.15, -0.1) is 0 Å². The Morgan fingerprint density at radius 3 is 1.45 bits per heavy atom. The van der Waals surface area contributed by atoms with Crippen molar-refractivity contribution in [3.8, 4) is 56.6 Å². The molecule has 0 aliphatic heterocycles. The zero-order valence-electron chi connectivity index (χ0n) is 46.5. The van der Waals surface area contributed by atoms with Crippen LogP contribution in [0.1, 0.15) is 26.3 Å². The fourth-order valence-corrected chi connectivity index (χ4v) is 14.2. The normalized spacial score (nSPS) is 12.2. The molecule has 0 aliphatic carbocycles. The van der Waals surface area contributed by atoms with Crippen molar-refractivity contribution in [2.45, 2.75) is 26.2 Å². The van der Waals surface area contributed by atoms with Crippen LogP contribution in [0.2, 0.25) is 0 Å². The van der Waals surface area contributed by atoms with Gasteiger partial charge in [0.05, 0.1) is 0 Å². The molecule has 0 fully saturated rings. The van der Waals surface area contributed by atoms with Crippen LogP contribution < -0.4 is 4.74 Å². The van der Waals surface area contributed by atoms with Crippen LogP contribution in [0.5, 0.6) is 11.5 Å². The summed E-state index contributed by atoms with van der Waals surface area (Å²) in [4.78, 5) is 4.94. The molecule has 408 valence electrons. The van der Waals surface area contributed by atoms with Crippen molar-refractivity contribution in [2.24, 2.45) is 0 Å². The van der Waals surface area contributed by atoms with E-state index >= 15 is 0 Å². The molecule has 6 heterocycles. The Labute approximate surface area is 498 Å². The van der Waals surface area contributed by atoms with Gasteiger partial charge in [0.15, 0.2) is 0 Å². The first-order chi connectivity index (χ1) is 41.7. The first kappa shape index (κ1) is 49.3. The summed E-state index contributed by atoms with van der Waals surface area (Å²) in [6, 6.07) is 88.7. The quantitative estimate of drug-likeness (QED) is 0.152. The molecular weight excluding hydrogens is 1230 g/mol. The van der Waals surface area contributed by atoms with Crippen molar-refractivity contribution in [1.82, 2.24) is 23.3 Å². The summed E-state index contributed by atoms with van der Waals surface area (Å²) in [7, 11) is 0. The fraction of sp³-hybridized carbons (Fsp3) is 0.0526. The van der Waals surface area contributed by atoms with Crippen molar-refractivity contribution >= 4 is 98.5 Å². The summed E-state index contributed by atoms with van der Waals surface area (Å²) in [6.07, 6.45) is 1.92. The number of para-hydroxylation sites is 7. The zero-order chi connectivity index (χ0) is 56.7. The Hall–Kier alpha value is -10.3. The number of benzene rings is 11. The van der Waals surface area contributed by atoms with Crippen LogP contribution in [0.15, 0.2) is 264 Å². The Morgan fingerprint density at radius 1 is 0.365 bits per heavy atom. The molecule has 0 radical (unpaired) electrons. The standard InChI is InChI=1S/C76H51N5O3.Pt/c1-76(2,3)49-37-38-77-74(41-49)81-66-26-11-6-21-56(66)57-34-33-53(45-69(57)81)82-52-18-16-17-50(42-52)78-46-79(68-28-13-12-27-67(68)78)75-60(47-31-35-72-62(39-47)58-22-7-14-29-70(58)83-72)43-51(80-64-24-9-4-19-54(64)55-20-5-10-25-65(55)80)44-61(75)48-32-36-73-63(40-48)59-23-8-15-30-71(59)84-73;/h4-45H,1-3H3;. The third kappa shape index (κ3) is 7.79.